The fourth-order valence-corrected chi connectivity index (χ4v) is 2.49. The highest BCUT2D eigenvalue weighted by atomic mass is 35.5. The summed E-state index contributed by atoms with van der Waals surface area (Å²) in [5, 5.41) is 3.10. The minimum absolute atomic E-state index is 0.188. The van der Waals surface area contributed by atoms with Crippen molar-refractivity contribution in [2.24, 2.45) is 0 Å². The summed E-state index contributed by atoms with van der Waals surface area (Å²) >= 11 is 5.78. The van der Waals surface area contributed by atoms with Crippen molar-refractivity contribution in [3.63, 3.8) is 0 Å². The van der Waals surface area contributed by atoms with Crippen molar-refractivity contribution >= 4 is 21.6 Å². The molecule has 2 N–H and O–H groups in total. The van der Waals surface area contributed by atoms with Crippen LogP contribution in [0, 0.1) is 5.82 Å². The summed E-state index contributed by atoms with van der Waals surface area (Å²) in [4.78, 5) is -0.430. The van der Waals surface area contributed by atoms with Gasteiger partial charge >= 0.3 is 0 Å². The predicted octanol–water partition coefficient (Wildman–Crippen LogP) is 1.50. The third-order valence-electron chi connectivity index (χ3n) is 2.20. The second-order valence-electron chi connectivity index (χ2n) is 3.36. The predicted molar refractivity (Wildman–Crippen MR) is 65.0 cm³/mol. The molecule has 17 heavy (non-hydrogen) atoms. The quantitative estimate of drug-likeness (QED) is 0.859. The normalized spacial score (nSPS) is 11.8. The van der Waals surface area contributed by atoms with Crippen LogP contribution < -0.4 is 10.0 Å². The Balaban J connectivity index is 3.28. The SMILES string of the molecule is CCNCc1cc(Cl)cc(S(=O)(=O)NC)c1F. The molecule has 0 heterocycles. The maximum Gasteiger partial charge on any atom is 0.243 e. The summed E-state index contributed by atoms with van der Waals surface area (Å²) < 4.78 is 39.1. The Morgan fingerprint density at radius 1 is 1.41 bits per heavy atom. The average molecular weight is 281 g/mol. The number of rotatable bonds is 5. The Bertz CT molecular complexity index is 505. The number of benzene rings is 1. The van der Waals surface area contributed by atoms with E-state index in [2.05, 4.69) is 10.0 Å². The van der Waals surface area contributed by atoms with Crippen LogP contribution in [0.15, 0.2) is 17.0 Å². The highest BCUT2D eigenvalue weighted by molar-refractivity contribution is 7.89. The van der Waals surface area contributed by atoms with E-state index in [1.54, 1.807) is 0 Å². The lowest BCUT2D eigenvalue weighted by Crippen LogP contribution is -2.21. The van der Waals surface area contributed by atoms with Gasteiger partial charge in [0.05, 0.1) is 0 Å². The molecule has 0 amide bonds. The third-order valence-corrected chi connectivity index (χ3v) is 3.83. The van der Waals surface area contributed by atoms with Gasteiger partial charge < -0.3 is 5.32 Å². The Kier molecular flexibility index (Phi) is 4.88. The zero-order valence-corrected chi connectivity index (χ0v) is 11.1. The molecule has 0 aliphatic heterocycles. The van der Waals surface area contributed by atoms with Crippen molar-refractivity contribution in [2.45, 2.75) is 18.4 Å². The van der Waals surface area contributed by atoms with E-state index in [4.69, 9.17) is 11.6 Å². The lowest BCUT2D eigenvalue weighted by molar-refractivity contribution is 0.546. The van der Waals surface area contributed by atoms with Gasteiger partial charge in [0.2, 0.25) is 10.0 Å². The number of nitrogens with one attached hydrogen (secondary N) is 2. The van der Waals surface area contributed by atoms with E-state index < -0.39 is 20.7 Å². The van der Waals surface area contributed by atoms with E-state index in [-0.39, 0.29) is 17.1 Å². The van der Waals surface area contributed by atoms with Gasteiger partial charge in [0.1, 0.15) is 10.7 Å². The maximum absolute atomic E-state index is 13.9. The lowest BCUT2D eigenvalue weighted by Gasteiger charge is -2.10. The van der Waals surface area contributed by atoms with Gasteiger partial charge in [-0.2, -0.15) is 0 Å². The summed E-state index contributed by atoms with van der Waals surface area (Å²) in [6, 6.07) is 2.51. The van der Waals surface area contributed by atoms with Gasteiger partial charge in [-0.05, 0) is 25.7 Å². The summed E-state index contributed by atoms with van der Waals surface area (Å²) in [6.07, 6.45) is 0. The monoisotopic (exact) mass is 280 g/mol. The Morgan fingerprint density at radius 2 is 2.06 bits per heavy atom. The van der Waals surface area contributed by atoms with Crippen LogP contribution in [0.4, 0.5) is 4.39 Å². The van der Waals surface area contributed by atoms with Crippen LogP contribution >= 0.6 is 11.6 Å². The minimum Gasteiger partial charge on any atom is -0.313 e. The number of hydrogen-bond acceptors (Lipinski definition) is 3. The molecule has 7 heteroatoms. The van der Waals surface area contributed by atoms with Crippen molar-refractivity contribution in [3.8, 4) is 0 Å². The molecule has 0 radical (unpaired) electrons. The van der Waals surface area contributed by atoms with Crippen LogP contribution in [0.2, 0.25) is 5.02 Å². The zero-order chi connectivity index (χ0) is 13.1. The summed E-state index contributed by atoms with van der Waals surface area (Å²) in [7, 11) is -2.61. The topological polar surface area (TPSA) is 58.2 Å². The van der Waals surface area contributed by atoms with Gasteiger partial charge in [0, 0.05) is 17.1 Å². The highest BCUT2D eigenvalue weighted by Gasteiger charge is 2.20. The van der Waals surface area contributed by atoms with E-state index in [1.165, 1.54) is 13.1 Å². The van der Waals surface area contributed by atoms with Gasteiger partial charge in [-0.15, -0.1) is 0 Å². The molecule has 0 saturated carbocycles. The summed E-state index contributed by atoms with van der Waals surface area (Å²) in [5.74, 6) is -0.773. The van der Waals surface area contributed by atoms with Crippen LogP contribution in [-0.4, -0.2) is 22.0 Å². The molecule has 1 aromatic carbocycles. The van der Waals surface area contributed by atoms with E-state index in [0.717, 1.165) is 6.07 Å². The molecule has 1 aromatic rings. The molecular weight excluding hydrogens is 267 g/mol. The van der Waals surface area contributed by atoms with E-state index in [1.807, 2.05) is 6.92 Å². The fraction of sp³-hybridized carbons (Fsp3) is 0.400. The molecule has 0 unspecified atom stereocenters. The first kappa shape index (κ1) is 14.4. The maximum atomic E-state index is 13.9. The van der Waals surface area contributed by atoms with Crippen LogP contribution in [0.3, 0.4) is 0 Å². The molecule has 96 valence electrons. The van der Waals surface area contributed by atoms with Gasteiger partial charge in [0.25, 0.3) is 0 Å². The van der Waals surface area contributed by atoms with Crippen LogP contribution in [0.1, 0.15) is 12.5 Å². The molecule has 0 fully saturated rings. The van der Waals surface area contributed by atoms with Gasteiger partial charge in [-0.3, -0.25) is 0 Å². The smallest absolute Gasteiger partial charge is 0.243 e. The van der Waals surface area contributed by atoms with E-state index in [9.17, 15) is 12.8 Å². The zero-order valence-electron chi connectivity index (χ0n) is 9.55. The van der Waals surface area contributed by atoms with Crippen LogP contribution in [-0.2, 0) is 16.6 Å². The standard InChI is InChI=1S/C10H14ClFN2O2S/c1-3-14-6-7-4-8(11)5-9(10(7)12)17(15,16)13-2/h4-5,13-14H,3,6H2,1-2H3. The van der Waals surface area contributed by atoms with Crippen molar-refractivity contribution in [1.29, 1.82) is 0 Å². The molecule has 0 aromatic heterocycles. The van der Waals surface area contributed by atoms with Crippen LogP contribution in [0.25, 0.3) is 0 Å². The van der Waals surface area contributed by atoms with Crippen molar-refractivity contribution < 1.29 is 12.8 Å². The Hall–Kier alpha value is -0.690. The summed E-state index contributed by atoms with van der Waals surface area (Å²) in [6.45, 7) is 2.75. The Labute approximate surface area is 105 Å². The second-order valence-corrected chi connectivity index (χ2v) is 5.66. The summed E-state index contributed by atoms with van der Waals surface area (Å²) in [5.41, 5.74) is 0.230. The van der Waals surface area contributed by atoms with Gasteiger partial charge in [0.15, 0.2) is 0 Å². The minimum atomic E-state index is -3.84. The number of halogens is 2. The highest BCUT2D eigenvalue weighted by Crippen LogP contribution is 2.23. The molecule has 4 nitrogen and oxygen atoms in total. The first-order valence-electron chi connectivity index (χ1n) is 5.04. The molecule has 0 atom stereocenters. The molecule has 0 spiro atoms. The average Bonchev–Trinajstić information content (AvgIpc) is 2.29. The molecular formula is C10H14ClFN2O2S. The molecule has 0 aliphatic rings. The first-order valence-corrected chi connectivity index (χ1v) is 6.90. The fourth-order valence-electron chi connectivity index (χ4n) is 1.31. The Morgan fingerprint density at radius 3 is 2.59 bits per heavy atom. The largest absolute Gasteiger partial charge is 0.313 e. The molecule has 0 bridgehead atoms. The van der Waals surface area contributed by atoms with Crippen molar-refractivity contribution in [3.05, 3.63) is 28.5 Å². The van der Waals surface area contributed by atoms with E-state index in [0.29, 0.717) is 6.54 Å². The first-order chi connectivity index (χ1) is 7.92. The number of hydrogen-bond donors (Lipinski definition) is 2. The van der Waals surface area contributed by atoms with Crippen LogP contribution in [0.5, 0.6) is 0 Å². The molecule has 0 saturated heterocycles. The third kappa shape index (κ3) is 3.38. The van der Waals surface area contributed by atoms with E-state index >= 15 is 0 Å². The molecule has 1 rings (SSSR count). The second kappa shape index (κ2) is 5.77. The number of sulfonamides is 1. The lowest BCUT2D eigenvalue weighted by atomic mass is 10.2. The molecule has 0 aliphatic carbocycles. The van der Waals surface area contributed by atoms with Gasteiger partial charge in [-0.1, -0.05) is 18.5 Å². The van der Waals surface area contributed by atoms with Crippen molar-refractivity contribution in [1.82, 2.24) is 10.0 Å². The van der Waals surface area contributed by atoms with Gasteiger partial charge in [-0.25, -0.2) is 17.5 Å². The van der Waals surface area contributed by atoms with Crippen molar-refractivity contribution in [2.75, 3.05) is 13.6 Å².